The number of nitrogens with two attached hydrogens (primary N) is 1. The van der Waals surface area contributed by atoms with E-state index in [1.165, 1.54) is 43.5 Å². The summed E-state index contributed by atoms with van der Waals surface area (Å²) in [5, 5.41) is 1.38. The van der Waals surface area contributed by atoms with Crippen LogP contribution in [0.1, 0.15) is 58.3 Å². The van der Waals surface area contributed by atoms with Crippen molar-refractivity contribution >= 4 is 5.91 Å². The third-order valence-electron chi connectivity index (χ3n) is 3.26. The van der Waals surface area contributed by atoms with Gasteiger partial charge in [0.05, 0.1) is 0 Å². The van der Waals surface area contributed by atoms with Gasteiger partial charge in [0, 0.05) is 12.5 Å². The Bertz CT molecular complexity index is 194. The molecule has 0 spiro atoms. The highest BCUT2D eigenvalue weighted by molar-refractivity contribution is 5.80. The highest BCUT2D eigenvalue weighted by Gasteiger charge is 2.28. The highest BCUT2D eigenvalue weighted by Crippen LogP contribution is 2.21. The fraction of sp³-hybridized carbons (Fsp3) is 0.917. The van der Waals surface area contributed by atoms with Gasteiger partial charge in [-0.1, -0.05) is 45.4 Å². The zero-order valence-electron chi connectivity index (χ0n) is 9.87. The molecular formula is C12H24N2O. The van der Waals surface area contributed by atoms with Crippen LogP contribution in [0, 0.1) is 5.92 Å². The average Bonchev–Trinajstić information content (AvgIpc) is 2.54. The molecule has 0 aromatic heterocycles. The van der Waals surface area contributed by atoms with E-state index in [1.54, 1.807) is 0 Å². The zero-order chi connectivity index (χ0) is 11.1. The van der Waals surface area contributed by atoms with Crippen LogP contribution < -0.4 is 5.84 Å². The first kappa shape index (κ1) is 12.5. The molecule has 3 nitrogen and oxygen atoms in total. The van der Waals surface area contributed by atoms with Crippen LogP contribution in [0.25, 0.3) is 0 Å². The summed E-state index contributed by atoms with van der Waals surface area (Å²) in [5.41, 5.74) is 0. The van der Waals surface area contributed by atoms with Gasteiger partial charge in [0.15, 0.2) is 0 Å². The number of hydrogen-bond acceptors (Lipinski definition) is 2. The second kappa shape index (κ2) is 6.83. The minimum absolute atomic E-state index is 0.156. The lowest BCUT2D eigenvalue weighted by Crippen LogP contribution is -2.33. The smallest absolute Gasteiger partial charge is 0.239 e. The van der Waals surface area contributed by atoms with Gasteiger partial charge in [-0.2, -0.15) is 0 Å². The molecule has 0 radical (unpaired) electrons. The molecule has 1 amide bonds. The molecule has 1 heterocycles. The van der Waals surface area contributed by atoms with Gasteiger partial charge in [-0.05, 0) is 12.8 Å². The maximum Gasteiger partial charge on any atom is 0.239 e. The minimum Gasteiger partial charge on any atom is -0.280 e. The summed E-state index contributed by atoms with van der Waals surface area (Å²) in [6.45, 7) is 2.98. The van der Waals surface area contributed by atoms with Gasteiger partial charge < -0.3 is 0 Å². The predicted octanol–water partition coefficient (Wildman–Crippen LogP) is 2.46. The van der Waals surface area contributed by atoms with Gasteiger partial charge in [0.1, 0.15) is 0 Å². The van der Waals surface area contributed by atoms with Crippen molar-refractivity contribution in [1.29, 1.82) is 0 Å². The number of unbranched alkanes of at least 4 members (excludes halogenated alkanes) is 5. The van der Waals surface area contributed by atoms with Gasteiger partial charge in [0.25, 0.3) is 0 Å². The standard InChI is InChI=1S/C12H24N2O/c1-2-3-4-5-6-7-8-11-9-10-14(13)12(11)15/h11H,2-10,13H2,1H3. The Labute approximate surface area is 93.0 Å². The number of carbonyl (C=O) groups is 1. The van der Waals surface area contributed by atoms with Crippen molar-refractivity contribution in [2.75, 3.05) is 6.54 Å². The van der Waals surface area contributed by atoms with Crippen LogP contribution in [0.4, 0.5) is 0 Å². The Morgan fingerprint density at radius 2 is 1.93 bits per heavy atom. The number of carbonyl (C=O) groups excluding carboxylic acids is 1. The molecule has 2 N–H and O–H groups in total. The van der Waals surface area contributed by atoms with Crippen LogP contribution in [0.5, 0.6) is 0 Å². The Hall–Kier alpha value is -0.570. The van der Waals surface area contributed by atoms with Gasteiger partial charge >= 0.3 is 0 Å². The van der Waals surface area contributed by atoms with E-state index in [-0.39, 0.29) is 11.8 Å². The third kappa shape index (κ3) is 4.20. The molecule has 1 fully saturated rings. The summed E-state index contributed by atoms with van der Waals surface area (Å²) in [5.74, 6) is 5.90. The Morgan fingerprint density at radius 1 is 1.27 bits per heavy atom. The first-order chi connectivity index (χ1) is 7.25. The van der Waals surface area contributed by atoms with E-state index in [2.05, 4.69) is 6.92 Å². The van der Waals surface area contributed by atoms with Gasteiger partial charge in [-0.15, -0.1) is 0 Å². The number of hydrogen-bond donors (Lipinski definition) is 1. The quantitative estimate of drug-likeness (QED) is 0.400. The number of hydrazine groups is 1. The van der Waals surface area contributed by atoms with Crippen LogP contribution in [0.3, 0.4) is 0 Å². The molecule has 0 aliphatic carbocycles. The number of amides is 1. The normalized spacial score (nSPS) is 21.3. The molecular weight excluding hydrogens is 188 g/mol. The first-order valence-electron chi connectivity index (χ1n) is 6.31. The minimum atomic E-state index is 0.156. The second-order valence-electron chi connectivity index (χ2n) is 4.57. The molecule has 15 heavy (non-hydrogen) atoms. The lowest BCUT2D eigenvalue weighted by atomic mass is 9.99. The molecule has 0 aromatic rings. The molecule has 1 aliphatic rings. The van der Waals surface area contributed by atoms with E-state index < -0.39 is 0 Å². The number of nitrogens with zero attached hydrogens (tertiary/aromatic N) is 1. The van der Waals surface area contributed by atoms with Crippen molar-refractivity contribution in [2.45, 2.75) is 58.3 Å². The van der Waals surface area contributed by atoms with Crippen molar-refractivity contribution in [3.05, 3.63) is 0 Å². The van der Waals surface area contributed by atoms with Gasteiger partial charge in [-0.3, -0.25) is 9.80 Å². The molecule has 88 valence electrons. The third-order valence-corrected chi connectivity index (χ3v) is 3.26. The molecule has 1 aliphatic heterocycles. The van der Waals surface area contributed by atoms with Crippen LogP contribution >= 0.6 is 0 Å². The molecule has 1 saturated heterocycles. The maximum absolute atomic E-state index is 11.5. The van der Waals surface area contributed by atoms with Crippen LogP contribution in [-0.2, 0) is 4.79 Å². The fourth-order valence-corrected chi connectivity index (χ4v) is 2.20. The van der Waals surface area contributed by atoms with E-state index in [0.29, 0.717) is 0 Å². The van der Waals surface area contributed by atoms with E-state index in [4.69, 9.17) is 5.84 Å². The van der Waals surface area contributed by atoms with E-state index in [1.807, 2.05) is 0 Å². The van der Waals surface area contributed by atoms with Crippen molar-refractivity contribution in [2.24, 2.45) is 11.8 Å². The fourth-order valence-electron chi connectivity index (χ4n) is 2.20. The Balaban J connectivity index is 1.98. The van der Waals surface area contributed by atoms with Gasteiger partial charge in [0.2, 0.25) is 5.91 Å². The summed E-state index contributed by atoms with van der Waals surface area (Å²) >= 11 is 0. The first-order valence-corrected chi connectivity index (χ1v) is 6.31. The summed E-state index contributed by atoms with van der Waals surface area (Å²) < 4.78 is 0. The molecule has 0 aromatic carbocycles. The van der Waals surface area contributed by atoms with Crippen LogP contribution in [0.2, 0.25) is 0 Å². The molecule has 0 saturated carbocycles. The molecule has 1 unspecified atom stereocenters. The summed E-state index contributed by atoms with van der Waals surface area (Å²) in [6.07, 6.45) is 9.77. The van der Waals surface area contributed by atoms with Crippen LogP contribution in [-0.4, -0.2) is 17.5 Å². The average molecular weight is 212 g/mol. The monoisotopic (exact) mass is 212 g/mol. The predicted molar refractivity (Wildman–Crippen MR) is 62.0 cm³/mol. The van der Waals surface area contributed by atoms with Crippen molar-refractivity contribution in [3.63, 3.8) is 0 Å². The Morgan fingerprint density at radius 3 is 2.53 bits per heavy atom. The van der Waals surface area contributed by atoms with Gasteiger partial charge in [-0.25, -0.2) is 5.84 Å². The maximum atomic E-state index is 11.5. The van der Waals surface area contributed by atoms with Crippen molar-refractivity contribution < 1.29 is 4.79 Å². The van der Waals surface area contributed by atoms with E-state index in [9.17, 15) is 4.79 Å². The molecule has 3 heteroatoms. The highest BCUT2D eigenvalue weighted by atomic mass is 16.2. The Kier molecular flexibility index (Phi) is 5.69. The van der Waals surface area contributed by atoms with Crippen molar-refractivity contribution in [3.8, 4) is 0 Å². The zero-order valence-corrected chi connectivity index (χ0v) is 9.87. The lowest BCUT2D eigenvalue weighted by Gasteiger charge is -2.09. The number of rotatable bonds is 7. The summed E-state index contributed by atoms with van der Waals surface area (Å²) in [4.78, 5) is 11.5. The summed E-state index contributed by atoms with van der Waals surface area (Å²) in [7, 11) is 0. The van der Waals surface area contributed by atoms with E-state index in [0.717, 1.165) is 19.4 Å². The summed E-state index contributed by atoms with van der Waals surface area (Å²) in [6, 6.07) is 0. The molecule has 1 atom stereocenters. The molecule has 1 rings (SSSR count). The lowest BCUT2D eigenvalue weighted by molar-refractivity contribution is -0.131. The van der Waals surface area contributed by atoms with E-state index >= 15 is 0 Å². The second-order valence-corrected chi connectivity index (χ2v) is 4.57. The topological polar surface area (TPSA) is 46.3 Å². The van der Waals surface area contributed by atoms with Crippen molar-refractivity contribution in [1.82, 2.24) is 5.01 Å². The largest absolute Gasteiger partial charge is 0.280 e. The SMILES string of the molecule is CCCCCCCCC1CCN(N)C1=O. The molecule has 0 bridgehead atoms. The van der Waals surface area contributed by atoms with Crippen LogP contribution in [0.15, 0.2) is 0 Å².